The number of ether oxygens (including phenoxy) is 3. The van der Waals surface area contributed by atoms with Gasteiger partial charge in [-0.2, -0.15) is 0 Å². The second-order valence-electron chi connectivity index (χ2n) is 9.46. The second-order valence-corrected chi connectivity index (χ2v) is 9.84. The number of halogens is 1. The van der Waals surface area contributed by atoms with Crippen molar-refractivity contribution in [2.45, 2.75) is 25.9 Å². The van der Waals surface area contributed by atoms with E-state index in [1.54, 1.807) is 58.3 Å². The highest BCUT2D eigenvalue weighted by atomic mass is 35.5. The summed E-state index contributed by atoms with van der Waals surface area (Å²) in [7, 11) is 0. The molecule has 10 heteroatoms. The third kappa shape index (κ3) is 12.0. The zero-order valence-electron chi connectivity index (χ0n) is 24.0. The lowest BCUT2D eigenvalue weighted by atomic mass is 10.2. The van der Waals surface area contributed by atoms with E-state index in [1.807, 2.05) is 30.3 Å². The number of hydrogen-bond acceptors (Lipinski definition) is 5. The van der Waals surface area contributed by atoms with Crippen LogP contribution in [0.15, 0.2) is 78.9 Å². The van der Waals surface area contributed by atoms with E-state index < -0.39 is 0 Å². The molecule has 43 heavy (non-hydrogen) atoms. The molecule has 0 spiro atoms. The highest BCUT2D eigenvalue weighted by Gasteiger charge is 2.24. The maximum Gasteiger partial charge on any atom is 0.410 e. The van der Waals surface area contributed by atoms with Crippen molar-refractivity contribution in [3.63, 3.8) is 0 Å². The van der Waals surface area contributed by atoms with Crippen LogP contribution in [0.25, 0.3) is 9.69 Å². The van der Waals surface area contributed by atoms with Gasteiger partial charge < -0.3 is 24.0 Å². The van der Waals surface area contributed by atoms with Crippen molar-refractivity contribution in [2.75, 3.05) is 45.3 Å². The van der Waals surface area contributed by atoms with Gasteiger partial charge in [-0.25, -0.2) is 14.5 Å². The molecule has 3 aromatic rings. The fraction of sp³-hybridized carbons (Fsp3) is 0.333. The van der Waals surface area contributed by atoms with Crippen LogP contribution in [-0.2, 0) is 16.1 Å². The second kappa shape index (κ2) is 18.7. The predicted molar refractivity (Wildman–Crippen MR) is 166 cm³/mol. The quantitative estimate of drug-likeness (QED) is 0.133. The van der Waals surface area contributed by atoms with Gasteiger partial charge in [0.2, 0.25) is 5.91 Å². The summed E-state index contributed by atoms with van der Waals surface area (Å²) in [5.41, 5.74) is 2.14. The molecule has 0 bridgehead atoms. The van der Waals surface area contributed by atoms with Gasteiger partial charge in [0.05, 0.1) is 26.4 Å². The Balaban J connectivity index is 0.000000326. The number of alkyl halides is 1. The van der Waals surface area contributed by atoms with Gasteiger partial charge >= 0.3 is 6.09 Å². The van der Waals surface area contributed by atoms with E-state index in [9.17, 15) is 9.59 Å². The van der Waals surface area contributed by atoms with E-state index in [0.717, 1.165) is 17.7 Å². The molecule has 1 aliphatic rings. The number of carbonyl (C=O) groups excluding carboxylic acids is 2. The summed E-state index contributed by atoms with van der Waals surface area (Å²) in [6.07, 6.45) is 1.43. The van der Waals surface area contributed by atoms with Gasteiger partial charge in [-0.1, -0.05) is 54.6 Å². The summed E-state index contributed by atoms with van der Waals surface area (Å²) < 4.78 is 16.4. The Morgan fingerprint density at radius 2 is 1.37 bits per heavy atom. The number of hydrogen-bond donors (Lipinski definition) is 0. The van der Waals surface area contributed by atoms with Gasteiger partial charge in [0.25, 0.3) is 0 Å². The minimum Gasteiger partial charge on any atom is -0.494 e. The molecule has 0 saturated carbocycles. The van der Waals surface area contributed by atoms with E-state index in [2.05, 4.69) is 9.69 Å². The van der Waals surface area contributed by atoms with Crippen molar-refractivity contribution in [2.24, 2.45) is 0 Å². The average molecular weight is 603 g/mol. The highest BCUT2D eigenvalue weighted by Crippen LogP contribution is 2.19. The topological polar surface area (TPSA) is 77.0 Å². The van der Waals surface area contributed by atoms with Gasteiger partial charge in [0, 0.05) is 38.5 Å². The molecule has 9 nitrogen and oxygen atoms in total. The number of carbonyl (C=O) groups is 2. The molecule has 0 aromatic heterocycles. The monoisotopic (exact) mass is 602 g/mol. The van der Waals surface area contributed by atoms with E-state index in [4.69, 9.17) is 39.0 Å². The lowest BCUT2D eigenvalue weighted by Gasteiger charge is -2.22. The van der Waals surface area contributed by atoms with E-state index in [-0.39, 0.29) is 18.6 Å². The molecular formula is C33H35ClN4O5. The summed E-state index contributed by atoms with van der Waals surface area (Å²) in [6, 6.07) is 23.6. The standard InChI is InChI=1S/C23H25N3O4.C10H10ClNO/c1-24-20-8-10-21(11-9-20)29-17-5-13-25-15-16-26(14-12-22(25)27)23(28)30-18-19-6-3-2-4-7-19;1-12-9-3-5-10(6-4-9)13-8-2-7-11/h2-4,6-11H,5,12-18H2;3-6H,2,7-8H2. The first kappa shape index (κ1) is 32.8. The Labute approximate surface area is 258 Å². The van der Waals surface area contributed by atoms with Crippen LogP contribution in [-0.4, -0.2) is 67.1 Å². The molecule has 1 aliphatic heterocycles. The number of amides is 2. The number of benzene rings is 3. The average Bonchev–Trinajstić information content (AvgIpc) is 3.24. The van der Waals surface area contributed by atoms with Crippen molar-refractivity contribution in [1.29, 1.82) is 0 Å². The molecule has 4 rings (SSSR count). The lowest BCUT2D eigenvalue weighted by Crippen LogP contribution is -2.36. The van der Waals surface area contributed by atoms with Crippen LogP contribution in [0.5, 0.6) is 11.5 Å². The number of nitrogens with zero attached hydrogens (tertiary/aromatic N) is 4. The first-order chi connectivity index (χ1) is 21.0. The molecule has 0 atom stereocenters. The molecule has 3 aromatic carbocycles. The van der Waals surface area contributed by atoms with Crippen molar-refractivity contribution >= 4 is 35.0 Å². The summed E-state index contributed by atoms with van der Waals surface area (Å²) in [4.78, 5) is 34.7. The molecule has 0 aliphatic carbocycles. The molecule has 1 heterocycles. The normalized spacial score (nSPS) is 12.6. The Morgan fingerprint density at radius 1 is 0.791 bits per heavy atom. The smallest absolute Gasteiger partial charge is 0.410 e. The summed E-state index contributed by atoms with van der Waals surface area (Å²) >= 11 is 5.50. The lowest BCUT2D eigenvalue weighted by molar-refractivity contribution is -0.130. The van der Waals surface area contributed by atoms with Crippen LogP contribution in [0.3, 0.4) is 0 Å². The largest absolute Gasteiger partial charge is 0.494 e. The fourth-order valence-electron chi connectivity index (χ4n) is 4.02. The van der Waals surface area contributed by atoms with Crippen molar-refractivity contribution < 1.29 is 23.8 Å². The first-order valence-electron chi connectivity index (χ1n) is 14.0. The van der Waals surface area contributed by atoms with Gasteiger partial charge in [-0.15, -0.1) is 11.6 Å². The Kier molecular flexibility index (Phi) is 14.2. The minimum atomic E-state index is -0.389. The maximum atomic E-state index is 12.4. The van der Waals surface area contributed by atoms with E-state index in [1.165, 1.54) is 0 Å². The molecular weight excluding hydrogens is 568 g/mol. The highest BCUT2D eigenvalue weighted by molar-refractivity contribution is 6.17. The van der Waals surface area contributed by atoms with Crippen molar-refractivity contribution in [3.8, 4) is 11.5 Å². The van der Waals surface area contributed by atoms with Gasteiger partial charge in [-0.05, 0) is 42.7 Å². The van der Waals surface area contributed by atoms with Crippen LogP contribution in [0.1, 0.15) is 24.8 Å². The van der Waals surface area contributed by atoms with Crippen LogP contribution >= 0.6 is 11.6 Å². The molecule has 1 fully saturated rings. The van der Waals surface area contributed by atoms with Crippen LogP contribution in [0.4, 0.5) is 16.2 Å². The Morgan fingerprint density at radius 3 is 1.93 bits per heavy atom. The summed E-state index contributed by atoms with van der Waals surface area (Å²) in [6.45, 7) is 16.9. The Hall–Kier alpha value is -4.73. The van der Waals surface area contributed by atoms with Crippen LogP contribution in [0, 0.1) is 13.1 Å². The molecule has 0 radical (unpaired) electrons. The van der Waals surface area contributed by atoms with Crippen LogP contribution in [0.2, 0.25) is 0 Å². The SMILES string of the molecule is [C-]#[N+]c1ccc(OCCCCl)cc1.[C-]#[N+]c1ccc(OCCCN2CCN(C(=O)OCc3ccccc3)CCC2=O)cc1. The molecule has 1 saturated heterocycles. The van der Waals surface area contributed by atoms with Crippen LogP contribution < -0.4 is 9.47 Å². The molecule has 0 unspecified atom stereocenters. The van der Waals surface area contributed by atoms with E-state index >= 15 is 0 Å². The zero-order valence-corrected chi connectivity index (χ0v) is 24.7. The number of rotatable bonds is 11. The molecule has 2 amide bonds. The maximum absolute atomic E-state index is 12.4. The first-order valence-corrected chi connectivity index (χ1v) is 14.6. The third-order valence-electron chi connectivity index (χ3n) is 6.37. The fourth-order valence-corrected chi connectivity index (χ4v) is 4.13. The predicted octanol–water partition coefficient (Wildman–Crippen LogP) is 7.12. The summed E-state index contributed by atoms with van der Waals surface area (Å²) in [5, 5.41) is 0. The third-order valence-corrected chi connectivity index (χ3v) is 6.64. The molecule has 224 valence electrons. The molecule has 0 N–H and O–H groups in total. The zero-order chi connectivity index (χ0) is 30.7. The van der Waals surface area contributed by atoms with Gasteiger partial charge in [-0.3, -0.25) is 4.79 Å². The van der Waals surface area contributed by atoms with Crippen molar-refractivity contribution in [3.05, 3.63) is 107 Å². The summed E-state index contributed by atoms with van der Waals surface area (Å²) in [5.74, 6) is 2.14. The van der Waals surface area contributed by atoms with Crippen molar-refractivity contribution in [1.82, 2.24) is 9.80 Å². The van der Waals surface area contributed by atoms with Gasteiger partial charge in [0.15, 0.2) is 11.4 Å². The Bertz CT molecular complexity index is 1360. The van der Waals surface area contributed by atoms with Gasteiger partial charge in [0.1, 0.15) is 18.1 Å². The van der Waals surface area contributed by atoms with E-state index in [0.29, 0.717) is 75.2 Å². The minimum absolute atomic E-state index is 0.0368.